The van der Waals surface area contributed by atoms with E-state index < -0.39 is 0 Å². The summed E-state index contributed by atoms with van der Waals surface area (Å²) < 4.78 is 1.21. The summed E-state index contributed by atoms with van der Waals surface area (Å²) in [7, 11) is 2.02. The van der Waals surface area contributed by atoms with Crippen LogP contribution in [0.5, 0.6) is 0 Å². The van der Waals surface area contributed by atoms with E-state index in [1.54, 1.807) is 11.3 Å². The van der Waals surface area contributed by atoms with Crippen LogP contribution in [0.15, 0.2) is 21.3 Å². The monoisotopic (exact) mass is 315 g/mol. The van der Waals surface area contributed by atoms with Crippen molar-refractivity contribution in [3.63, 3.8) is 0 Å². The van der Waals surface area contributed by atoms with E-state index in [-0.39, 0.29) is 0 Å². The molecule has 0 fully saturated rings. The Morgan fingerprint density at radius 1 is 1.31 bits per heavy atom. The van der Waals surface area contributed by atoms with E-state index in [9.17, 15) is 0 Å². The second-order valence-corrected chi connectivity index (χ2v) is 6.69. The Hall–Kier alpha value is -0.160. The van der Waals surface area contributed by atoms with Gasteiger partial charge in [-0.2, -0.15) is 11.3 Å². The summed E-state index contributed by atoms with van der Waals surface area (Å²) in [5.41, 5.74) is 2.75. The summed E-state index contributed by atoms with van der Waals surface area (Å²) in [5, 5.41) is 7.84. The molecule has 2 heterocycles. The molecule has 0 bridgehead atoms. The predicted octanol–water partition coefficient (Wildman–Crippen LogP) is 4.50. The van der Waals surface area contributed by atoms with E-state index in [2.05, 4.69) is 51.9 Å². The lowest BCUT2D eigenvalue weighted by Crippen LogP contribution is -2.17. The van der Waals surface area contributed by atoms with Gasteiger partial charge in [0.25, 0.3) is 0 Å². The maximum absolute atomic E-state index is 3.64. The third-order valence-electron chi connectivity index (χ3n) is 2.59. The molecule has 0 spiro atoms. The first-order valence-electron chi connectivity index (χ1n) is 5.09. The van der Waals surface area contributed by atoms with Crippen LogP contribution < -0.4 is 5.32 Å². The van der Waals surface area contributed by atoms with Gasteiger partial charge in [0.1, 0.15) is 0 Å². The maximum Gasteiger partial charge on any atom is 0.0690 e. The fourth-order valence-electron chi connectivity index (χ4n) is 1.79. The predicted molar refractivity (Wildman–Crippen MR) is 76.7 cm³/mol. The van der Waals surface area contributed by atoms with Crippen molar-refractivity contribution in [3.8, 4) is 0 Å². The molecule has 0 amide bonds. The van der Waals surface area contributed by atoms with Crippen molar-refractivity contribution in [2.24, 2.45) is 0 Å². The zero-order valence-corrected chi connectivity index (χ0v) is 12.7. The highest BCUT2D eigenvalue weighted by Crippen LogP contribution is 2.37. The molecule has 0 radical (unpaired) electrons. The third kappa shape index (κ3) is 2.25. The molecule has 4 heteroatoms. The highest BCUT2D eigenvalue weighted by atomic mass is 79.9. The second-order valence-electron chi connectivity index (χ2n) is 3.80. The van der Waals surface area contributed by atoms with E-state index in [1.165, 1.54) is 25.4 Å². The Labute approximate surface area is 113 Å². The summed E-state index contributed by atoms with van der Waals surface area (Å²) in [6, 6.07) is 2.49. The van der Waals surface area contributed by atoms with Gasteiger partial charge in [-0.25, -0.2) is 0 Å². The first-order chi connectivity index (χ1) is 7.63. The topological polar surface area (TPSA) is 12.0 Å². The lowest BCUT2D eigenvalue weighted by molar-refractivity contribution is 0.700. The molecule has 0 aromatic carbocycles. The average Bonchev–Trinajstić information content (AvgIpc) is 2.77. The summed E-state index contributed by atoms with van der Waals surface area (Å²) in [6.07, 6.45) is 0. The standard InChI is InChI=1S/C12H14BrNS2/c1-7-5-15-6-9(7)11(14-3)12-10(13)4-8(2)16-12/h4-6,11,14H,1-3H3. The molecular weight excluding hydrogens is 302 g/mol. The van der Waals surface area contributed by atoms with Gasteiger partial charge in [-0.3, -0.25) is 0 Å². The Morgan fingerprint density at radius 2 is 2.06 bits per heavy atom. The van der Waals surface area contributed by atoms with E-state index in [0.29, 0.717) is 6.04 Å². The van der Waals surface area contributed by atoms with Gasteiger partial charge in [-0.15, -0.1) is 11.3 Å². The molecule has 16 heavy (non-hydrogen) atoms. The highest BCUT2D eigenvalue weighted by molar-refractivity contribution is 9.10. The van der Waals surface area contributed by atoms with Crippen LogP contribution >= 0.6 is 38.6 Å². The number of rotatable bonds is 3. The Balaban J connectivity index is 2.44. The van der Waals surface area contributed by atoms with Gasteiger partial charge in [0.15, 0.2) is 0 Å². The summed E-state index contributed by atoms with van der Waals surface area (Å²) in [4.78, 5) is 2.71. The number of halogens is 1. The van der Waals surface area contributed by atoms with Crippen molar-refractivity contribution < 1.29 is 0 Å². The number of thiophene rings is 2. The minimum Gasteiger partial charge on any atom is -0.309 e. The van der Waals surface area contributed by atoms with E-state index in [0.717, 1.165) is 0 Å². The SMILES string of the molecule is CNC(c1cscc1C)c1sc(C)cc1Br. The molecule has 0 aliphatic rings. The number of aryl methyl sites for hydroxylation is 2. The minimum atomic E-state index is 0.305. The van der Waals surface area contributed by atoms with Crippen LogP contribution in [0.3, 0.4) is 0 Å². The smallest absolute Gasteiger partial charge is 0.0690 e. The third-order valence-corrected chi connectivity index (χ3v) is 5.51. The summed E-state index contributed by atoms with van der Waals surface area (Å²) in [5.74, 6) is 0. The molecule has 1 N–H and O–H groups in total. The van der Waals surface area contributed by atoms with Gasteiger partial charge in [0, 0.05) is 14.2 Å². The number of nitrogens with one attached hydrogen (secondary N) is 1. The van der Waals surface area contributed by atoms with Crippen LogP contribution in [0.1, 0.15) is 26.9 Å². The van der Waals surface area contributed by atoms with Gasteiger partial charge in [0.05, 0.1) is 6.04 Å². The van der Waals surface area contributed by atoms with Gasteiger partial charge in [-0.1, -0.05) is 0 Å². The van der Waals surface area contributed by atoms with Crippen LogP contribution in [0.2, 0.25) is 0 Å². The molecule has 2 aromatic heterocycles. The van der Waals surface area contributed by atoms with E-state index in [4.69, 9.17) is 0 Å². The van der Waals surface area contributed by atoms with Crippen molar-refractivity contribution >= 4 is 38.6 Å². The molecular formula is C12H14BrNS2. The molecule has 0 saturated heterocycles. The lowest BCUT2D eigenvalue weighted by Gasteiger charge is -2.15. The molecule has 2 aromatic rings. The molecule has 86 valence electrons. The zero-order chi connectivity index (χ0) is 11.7. The Kier molecular flexibility index (Phi) is 3.85. The van der Waals surface area contributed by atoms with Gasteiger partial charge in [-0.05, 0) is 64.8 Å². The summed E-state index contributed by atoms with van der Waals surface area (Å²) >= 11 is 7.26. The van der Waals surface area contributed by atoms with Crippen molar-refractivity contribution in [3.05, 3.63) is 42.2 Å². The van der Waals surface area contributed by atoms with Crippen molar-refractivity contribution in [1.82, 2.24) is 5.32 Å². The summed E-state index contributed by atoms with van der Waals surface area (Å²) in [6.45, 7) is 4.32. The van der Waals surface area contributed by atoms with Crippen LogP contribution in [0.25, 0.3) is 0 Å². The lowest BCUT2D eigenvalue weighted by atomic mass is 10.1. The average molecular weight is 316 g/mol. The first-order valence-corrected chi connectivity index (χ1v) is 7.64. The first kappa shape index (κ1) is 12.3. The van der Waals surface area contributed by atoms with Crippen molar-refractivity contribution in [1.29, 1.82) is 0 Å². The van der Waals surface area contributed by atoms with Crippen LogP contribution in [-0.2, 0) is 0 Å². The largest absolute Gasteiger partial charge is 0.309 e. The normalized spacial score (nSPS) is 13.0. The molecule has 0 aliphatic carbocycles. The minimum absolute atomic E-state index is 0.305. The highest BCUT2D eigenvalue weighted by Gasteiger charge is 2.19. The molecule has 0 aliphatic heterocycles. The van der Waals surface area contributed by atoms with Gasteiger partial charge < -0.3 is 5.32 Å². The quantitative estimate of drug-likeness (QED) is 0.879. The second kappa shape index (κ2) is 5.00. The van der Waals surface area contributed by atoms with Crippen LogP contribution in [0, 0.1) is 13.8 Å². The fraction of sp³-hybridized carbons (Fsp3) is 0.333. The van der Waals surface area contributed by atoms with E-state index in [1.807, 2.05) is 18.4 Å². The molecule has 1 atom stereocenters. The van der Waals surface area contributed by atoms with E-state index >= 15 is 0 Å². The fourth-order valence-corrected chi connectivity index (χ4v) is 4.68. The Bertz CT molecular complexity index is 487. The van der Waals surface area contributed by atoms with Gasteiger partial charge in [0.2, 0.25) is 0 Å². The number of hydrogen-bond acceptors (Lipinski definition) is 3. The maximum atomic E-state index is 3.64. The van der Waals surface area contributed by atoms with Crippen molar-refractivity contribution in [2.75, 3.05) is 7.05 Å². The van der Waals surface area contributed by atoms with Gasteiger partial charge >= 0.3 is 0 Å². The molecule has 0 saturated carbocycles. The Morgan fingerprint density at radius 3 is 2.50 bits per heavy atom. The van der Waals surface area contributed by atoms with Crippen LogP contribution in [-0.4, -0.2) is 7.05 Å². The molecule has 2 rings (SSSR count). The molecule has 1 unspecified atom stereocenters. The molecule has 1 nitrogen and oxygen atoms in total. The number of hydrogen-bond donors (Lipinski definition) is 1. The zero-order valence-electron chi connectivity index (χ0n) is 9.50. The van der Waals surface area contributed by atoms with Crippen molar-refractivity contribution in [2.45, 2.75) is 19.9 Å². The van der Waals surface area contributed by atoms with Crippen LogP contribution in [0.4, 0.5) is 0 Å².